The fourth-order valence-corrected chi connectivity index (χ4v) is 2.90. The lowest BCUT2D eigenvalue weighted by molar-refractivity contribution is -0.128. The molecule has 1 amide bonds. The van der Waals surface area contributed by atoms with Gasteiger partial charge < -0.3 is 9.64 Å². The smallest absolute Gasteiger partial charge is 0.253 e. The summed E-state index contributed by atoms with van der Waals surface area (Å²) < 4.78 is 5.26. The lowest BCUT2D eigenvalue weighted by Gasteiger charge is -2.35. The van der Waals surface area contributed by atoms with Gasteiger partial charge in [-0.3, -0.25) is 9.69 Å². The highest BCUT2D eigenvalue weighted by Crippen LogP contribution is 2.28. The Labute approximate surface area is 114 Å². The summed E-state index contributed by atoms with van der Waals surface area (Å²) in [6.45, 7) is 3.79. The zero-order chi connectivity index (χ0) is 13.2. The van der Waals surface area contributed by atoms with Gasteiger partial charge in [-0.05, 0) is 25.3 Å². The van der Waals surface area contributed by atoms with E-state index < -0.39 is 0 Å². The van der Waals surface area contributed by atoms with Gasteiger partial charge in [0.15, 0.2) is 0 Å². The number of allylic oxidation sites excluding steroid dienone is 2. The highest BCUT2D eigenvalue weighted by atomic mass is 16.5. The molecule has 1 saturated heterocycles. The molecule has 1 aliphatic heterocycles. The van der Waals surface area contributed by atoms with Crippen LogP contribution in [0.15, 0.2) is 23.5 Å². The molecule has 2 fully saturated rings. The number of piperazine rings is 1. The van der Waals surface area contributed by atoms with Crippen LogP contribution in [-0.2, 0) is 9.53 Å². The quantitative estimate of drug-likeness (QED) is 0.773. The first kappa shape index (κ1) is 12.7. The summed E-state index contributed by atoms with van der Waals surface area (Å²) >= 11 is 0. The highest BCUT2D eigenvalue weighted by molar-refractivity contribution is 5.96. The van der Waals surface area contributed by atoms with Crippen molar-refractivity contribution in [1.82, 2.24) is 9.80 Å². The minimum Gasteiger partial charge on any atom is -0.501 e. The Kier molecular flexibility index (Phi) is 3.60. The first-order valence-electron chi connectivity index (χ1n) is 7.26. The molecule has 4 nitrogen and oxygen atoms in total. The minimum absolute atomic E-state index is 0.171. The number of hydrogen-bond donors (Lipinski definition) is 0. The predicted octanol–water partition coefficient (Wildman–Crippen LogP) is 1.54. The van der Waals surface area contributed by atoms with Gasteiger partial charge >= 0.3 is 0 Å². The number of amides is 1. The number of carbonyl (C=O) groups is 1. The molecule has 3 rings (SSSR count). The largest absolute Gasteiger partial charge is 0.501 e. The van der Waals surface area contributed by atoms with E-state index >= 15 is 0 Å². The minimum atomic E-state index is 0.171. The van der Waals surface area contributed by atoms with Crippen molar-refractivity contribution in [3.8, 4) is 0 Å². The van der Waals surface area contributed by atoms with Crippen LogP contribution in [0, 0.1) is 0 Å². The maximum atomic E-state index is 12.4. The SMILES string of the molecule is COC1=CC(C(=O)N2CCN(C3CC3)CC2)=CCC1. The van der Waals surface area contributed by atoms with Crippen molar-refractivity contribution < 1.29 is 9.53 Å². The van der Waals surface area contributed by atoms with Crippen LogP contribution >= 0.6 is 0 Å². The van der Waals surface area contributed by atoms with Crippen molar-refractivity contribution in [2.45, 2.75) is 31.7 Å². The molecule has 0 N–H and O–H groups in total. The average molecular weight is 262 g/mol. The molecule has 0 aromatic heterocycles. The molecule has 2 aliphatic carbocycles. The van der Waals surface area contributed by atoms with Crippen LogP contribution < -0.4 is 0 Å². The molecule has 19 heavy (non-hydrogen) atoms. The molecule has 104 valence electrons. The van der Waals surface area contributed by atoms with Gasteiger partial charge in [0.2, 0.25) is 0 Å². The molecule has 1 saturated carbocycles. The number of methoxy groups -OCH3 is 1. The van der Waals surface area contributed by atoms with Crippen molar-refractivity contribution in [3.63, 3.8) is 0 Å². The number of ether oxygens (including phenoxy) is 1. The molecule has 3 aliphatic rings. The monoisotopic (exact) mass is 262 g/mol. The fraction of sp³-hybridized carbons (Fsp3) is 0.667. The van der Waals surface area contributed by atoms with E-state index in [1.165, 1.54) is 12.8 Å². The van der Waals surface area contributed by atoms with Gasteiger partial charge in [0.1, 0.15) is 0 Å². The molecule has 0 bridgehead atoms. The van der Waals surface area contributed by atoms with Crippen LogP contribution in [0.1, 0.15) is 25.7 Å². The van der Waals surface area contributed by atoms with E-state index in [9.17, 15) is 4.79 Å². The third-order valence-electron chi connectivity index (χ3n) is 4.25. The zero-order valence-electron chi connectivity index (χ0n) is 11.6. The second kappa shape index (κ2) is 5.37. The maximum Gasteiger partial charge on any atom is 0.253 e. The molecule has 0 atom stereocenters. The first-order chi connectivity index (χ1) is 9.28. The van der Waals surface area contributed by atoms with Crippen LogP contribution in [-0.4, -0.2) is 55.0 Å². The van der Waals surface area contributed by atoms with E-state index in [2.05, 4.69) is 4.90 Å². The van der Waals surface area contributed by atoms with Gasteiger partial charge in [0.05, 0.1) is 12.9 Å². The van der Waals surface area contributed by atoms with Gasteiger partial charge in [0, 0.05) is 44.2 Å². The molecular weight excluding hydrogens is 240 g/mol. The Morgan fingerprint density at radius 1 is 1.26 bits per heavy atom. The van der Waals surface area contributed by atoms with Crippen molar-refractivity contribution in [2.24, 2.45) is 0 Å². The molecular formula is C15H22N2O2. The third-order valence-corrected chi connectivity index (χ3v) is 4.25. The van der Waals surface area contributed by atoms with Crippen molar-refractivity contribution >= 4 is 5.91 Å². The lowest BCUT2D eigenvalue weighted by atomic mass is 10.0. The lowest BCUT2D eigenvalue weighted by Crippen LogP contribution is -2.49. The Hall–Kier alpha value is -1.29. The van der Waals surface area contributed by atoms with Gasteiger partial charge in [0.25, 0.3) is 5.91 Å². The van der Waals surface area contributed by atoms with E-state index in [4.69, 9.17) is 4.74 Å². The highest BCUT2D eigenvalue weighted by Gasteiger charge is 2.32. The molecule has 4 heteroatoms. The van der Waals surface area contributed by atoms with Crippen LogP contribution in [0.5, 0.6) is 0 Å². The van der Waals surface area contributed by atoms with Crippen LogP contribution in [0.3, 0.4) is 0 Å². The van der Waals surface area contributed by atoms with Gasteiger partial charge in [-0.25, -0.2) is 0 Å². The van der Waals surface area contributed by atoms with E-state index in [0.29, 0.717) is 0 Å². The molecule has 0 aromatic carbocycles. The summed E-state index contributed by atoms with van der Waals surface area (Å²) in [6.07, 6.45) is 8.45. The molecule has 0 radical (unpaired) electrons. The Balaban J connectivity index is 1.58. The molecule has 0 aromatic rings. The number of rotatable bonds is 3. The third kappa shape index (κ3) is 2.84. The normalized spacial score (nSPS) is 24.8. The molecule has 0 spiro atoms. The summed E-state index contributed by atoms with van der Waals surface area (Å²) in [6, 6.07) is 0.811. The number of hydrogen-bond acceptors (Lipinski definition) is 3. The standard InChI is InChI=1S/C15H22N2O2/c1-19-14-4-2-3-12(11-14)15(18)17-9-7-16(8-10-17)13-5-6-13/h3,11,13H,2,4-10H2,1H3. The first-order valence-corrected chi connectivity index (χ1v) is 7.26. The summed E-state index contributed by atoms with van der Waals surface area (Å²) in [5.74, 6) is 1.09. The molecule has 0 unspecified atom stereocenters. The topological polar surface area (TPSA) is 32.8 Å². The van der Waals surface area contributed by atoms with Gasteiger partial charge in [-0.15, -0.1) is 0 Å². The van der Waals surface area contributed by atoms with Gasteiger partial charge in [-0.1, -0.05) is 6.08 Å². The summed E-state index contributed by atoms with van der Waals surface area (Å²) in [5.41, 5.74) is 0.808. The van der Waals surface area contributed by atoms with Crippen LogP contribution in [0.25, 0.3) is 0 Å². The average Bonchev–Trinajstić information content (AvgIpc) is 3.31. The van der Waals surface area contributed by atoms with Crippen LogP contribution in [0.2, 0.25) is 0 Å². The van der Waals surface area contributed by atoms with Crippen molar-refractivity contribution in [2.75, 3.05) is 33.3 Å². The molecule has 1 heterocycles. The van der Waals surface area contributed by atoms with E-state index in [1.807, 2.05) is 17.1 Å². The predicted molar refractivity (Wildman–Crippen MR) is 73.6 cm³/mol. The van der Waals surface area contributed by atoms with Crippen LogP contribution in [0.4, 0.5) is 0 Å². The van der Waals surface area contributed by atoms with E-state index in [0.717, 1.165) is 56.4 Å². The van der Waals surface area contributed by atoms with Gasteiger partial charge in [-0.2, -0.15) is 0 Å². The summed E-state index contributed by atoms with van der Waals surface area (Å²) in [7, 11) is 1.67. The summed E-state index contributed by atoms with van der Waals surface area (Å²) in [4.78, 5) is 17.0. The maximum absolute atomic E-state index is 12.4. The van der Waals surface area contributed by atoms with E-state index in [-0.39, 0.29) is 5.91 Å². The number of carbonyl (C=O) groups excluding carboxylic acids is 1. The van der Waals surface area contributed by atoms with Crippen molar-refractivity contribution in [1.29, 1.82) is 0 Å². The second-order valence-electron chi connectivity index (χ2n) is 5.57. The Morgan fingerprint density at radius 2 is 2.00 bits per heavy atom. The number of nitrogens with zero attached hydrogens (tertiary/aromatic N) is 2. The summed E-state index contributed by atoms with van der Waals surface area (Å²) in [5, 5.41) is 0. The van der Waals surface area contributed by atoms with Crippen molar-refractivity contribution in [3.05, 3.63) is 23.5 Å². The van der Waals surface area contributed by atoms with E-state index in [1.54, 1.807) is 7.11 Å². The Bertz CT molecular complexity index is 416. The second-order valence-corrected chi connectivity index (χ2v) is 5.57. The fourth-order valence-electron chi connectivity index (χ4n) is 2.90. The Morgan fingerprint density at radius 3 is 2.63 bits per heavy atom. The zero-order valence-corrected chi connectivity index (χ0v) is 11.6.